The second kappa shape index (κ2) is 38.1. The van der Waals surface area contributed by atoms with Crippen molar-refractivity contribution < 1.29 is 127 Å². The molecule has 8 aliphatic heterocycles. The Morgan fingerprint density at radius 1 is 0.651 bits per heavy atom. The van der Waals surface area contributed by atoms with Crippen LogP contribution in [0.15, 0.2) is 121 Å². The second-order valence-electron chi connectivity index (χ2n) is 33.2. The molecule has 674 valence electrons. The first kappa shape index (κ1) is 93.1. The molecular formula is C87H99Cl3N10O26. The third-order valence-electron chi connectivity index (χ3n) is 23.2. The lowest BCUT2D eigenvalue weighted by Gasteiger charge is -2.48. The number of likely N-dealkylation sites (N-methyl/N-ethyl adjacent to an activating group) is 1. The maximum atomic E-state index is 16.6. The van der Waals surface area contributed by atoms with E-state index in [0.29, 0.717) is 5.02 Å². The van der Waals surface area contributed by atoms with Gasteiger partial charge in [-0.1, -0.05) is 97.2 Å². The van der Waals surface area contributed by atoms with Gasteiger partial charge in [0.2, 0.25) is 53.4 Å². The number of carbonyl (C=O) groups is 8. The summed E-state index contributed by atoms with van der Waals surface area (Å²) >= 11 is 21.0. The number of aliphatic hydroxyl groups is 6. The molecule has 8 aliphatic rings. The normalized spacial score (nSPS) is 29.6. The number of carboxylic acid groups (broad SMARTS) is 1. The molecule has 7 aromatic rings. The van der Waals surface area contributed by atoms with Crippen LogP contribution in [0.25, 0.3) is 22.3 Å². The van der Waals surface area contributed by atoms with Gasteiger partial charge in [-0.25, -0.2) is 4.79 Å². The van der Waals surface area contributed by atoms with Crippen LogP contribution >= 0.6 is 34.8 Å². The van der Waals surface area contributed by atoms with Crippen molar-refractivity contribution in [3.63, 3.8) is 0 Å². The van der Waals surface area contributed by atoms with Crippen LogP contribution in [0, 0.1) is 12.8 Å². The van der Waals surface area contributed by atoms with Crippen LogP contribution in [-0.2, 0) is 68.6 Å². The highest BCUT2D eigenvalue weighted by atomic mass is 35.5. The lowest BCUT2D eigenvalue weighted by molar-refractivity contribution is -0.334. The number of aliphatic hydroxyl groups excluding tert-OH is 6. The number of aryl methyl sites for hydroxylation is 1. The van der Waals surface area contributed by atoms with E-state index in [-0.39, 0.29) is 64.8 Å². The highest BCUT2D eigenvalue weighted by molar-refractivity contribution is 6.32. The first-order valence-corrected chi connectivity index (χ1v) is 41.6. The number of phenols is 3. The molecule has 3 saturated heterocycles. The Kier molecular flexibility index (Phi) is 28.2. The number of carboxylic acids is 1. The van der Waals surface area contributed by atoms with Crippen molar-refractivity contribution in [2.24, 2.45) is 17.4 Å². The number of nitrogens with two attached hydrogens (primary N) is 2. The smallest absolute Gasteiger partial charge is 0.330 e. The van der Waals surface area contributed by atoms with E-state index in [2.05, 4.69) is 42.5 Å². The highest BCUT2D eigenvalue weighted by Crippen LogP contribution is 2.51. The van der Waals surface area contributed by atoms with E-state index >= 15 is 24.0 Å². The molecule has 36 nitrogen and oxygen atoms in total. The van der Waals surface area contributed by atoms with E-state index in [9.17, 15) is 65.4 Å². The van der Waals surface area contributed by atoms with Crippen molar-refractivity contribution in [2.45, 2.75) is 214 Å². The molecule has 22 N–H and O–H groups in total. The number of phenolic OH excluding ortho intramolecular Hbond substituents is 3. The van der Waals surface area contributed by atoms with Crippen molar-refractivity contribution in [3.05, 3.63) is 175 Å². The SMILES string of the molecule is CN[C@H](CC(C)C)C(=O)N[C@H]1C(=O)N[C@@H](CC(N)=O)C(=O)N[C@H]2C(=O)N[C@H]3C(=O)N[C@H](C(=O)N[C@H](C(=O)O)c4cc(O)cc(O)c4-c4cc3ccc4O)[C@H](O[C@H]3CC(C)(N)[C@@H](O)C(C)O3)c3ccc(c(Cl)c3)Oc3cc2cc(c3O[C@@H]2OC(CO)[C@@H](O)C(O)C2O[C@H]2CC(C)(NCc3ccc(-c4ccc(Cl)cc4)cc3)[C@@H](O)[C@H](C)O2)Oc2c(C)cc(cc2Cl)[C@H]1O. The molecule has 6 unspecified atom stereocenters. The van der Waals surface area contributed by atoms with E-state index in [1.165, 1.54) is 52.1 Å². The lowest BCUT2D eigenvalue weighted by atomic mass is 9.84. The van der Waals surface area contributed by atoms with Gasteiger partial charge >= 0.3 is 5.97 Å². The van der Waals surface area contributed by atoms with Gasteiger partial charge in [-0.15, -0.1) is 0 Å². The zero-order valence-electron chi connectivity index (χ0n) is 69.2. The number of aromatic hydroxyl groups is 3. The molecule has 0 radical (unpaired) electrons. The molecule has 0 aliphatic carbocycles. The van der Waals surface area contributed by atoms with E-state index < -0.39 is 261 Å². The minimum atomic E-state index is -2.40. The van der Waals surface area contributed by atoms with Gasteiger partial charge in [0, 0.05) is 58.2 Å². The Morgan fingerprint density at radius 3 is 1.91 bits per heavy atom. The summed E-state index contributed by atoms with van der Waals surface area (Å²) in [6.07, 6.45) is -23.0. The number of halogens is 3. The highest BCUT2D eigenvalue weighted by Gasteiger charge is 2.53. The third-order valence-corrected chi connectivity index (χ3v) is 24.0. The predicted molar refractivity (Wildman–Crippen MR) is 450 cm³/mol. The maximum Gasteiger partial charge on any atom is 0.330 e. The van der Waals surface area contributed by atoms with Gasteiger partial charge in [0.15, 0.2) is 36.2 Å². The first-order valence-electron chi connectivity index (χ1n) is 40.5. The largest absolute Gasteiger partial charge is 0.508 e. The molecule has 7 amide bonds. The Labute approximate surface area is 736 Å². The Bertz CT molecular complexity index is 5290. The third kappa shape index (κ3) is 20.0. The molecule has 15 rings (SSSR count). The number of carbonyl (C=O) groups excluding carboxylic acids is 7. The van der Waals surface area contributed by atoms with Gasteiger partial charge in [-0.2, -0.15) is 0 Å². The number of aliphatic carboxylic acids is 1. The minimum absolute atomic E-state index is 0.0339. The van der Waals surface area contributed by atoms with Gasteiger partial charge in [0.05, 0.1) is 53.5 Å². The molecule has 0 saturated carbocycles. The number of rotatable bonds is 19. The van der Waals surface area contributed by atoms with Gasteiger partial charge in [0.1, 0.15) is 89.5 Å². The summed E-state index contributed by atoms with van der Waals surface area (Å²) in [5.74, 6) is -16.1. The Hall–Kier alpha value is -10.6. The van der Waals surface area contributed by atoms with Crippen molar-refractivity contribution in [2.75, 3.05) is 13.7 Å². The molecule has 22 atom stereocenters. The van der Waals surface area contributed by atoms with Crippen molar-refractivity contribution in [1.82, 2.24) is 42.5 Å². The fraction of sp³-hybridized carbons (Fsp3) is 0.425. The summed E-state index contributed by atoms with van der Waals surface area (Å²) in [4.78, 5) is 121. The first-order chi connectivity index (χ1) is 59.6. The predicted octanol–water partition coefficient (Wildman–Crippen LogP) is 4.80. The summed E-state index contributed by atoms with van der Waals surface area (Å²) in [5.41, 5.74) is 9.67. The summed E-state index contributed by atoms with van der Waals surface area (Å²) in [6.45, 7) is 10.5. The number of hydrogen-bond acceptors (Lipinski definition) is 28. The van der Waals surface area contributed by atoms with Crippen LogP contribution in [0.2, 0.25) is 15.1 Å². The molecule has 3 fully saturated rings. The van der Waals surface area contributed by atoms with E-state index in [0.717, 1.165) is 65.2 Å². The van der Waals surface area contributed by atoms with Gasteiger partial charge in [-0.05, 0) is 165 Å². The topological polar surface area (TPSA) is 561 Å². The Balaban J connectivity index is 1.02. The number of fused-ring (bicyclic) bond motifs is 15. The monoisotopic (exact) mass is 1800 g/mol. The van der Waals surface area contributed by atoms with Crippen LogP contribution in [-0.4, -0.2) is 215 Å². The summed E-state index contributed by atoms with van der Waals surface area (Å²) in [7, 11) is 1.48. The number of primary amides is 1. The van der Waals surface area contributed by atoms with Crippen LogP contribution < -0.4 is 68.2 Å². The van der Waals surface area contributed by atoms with E-state index in [1.54, 1.807) is 26.0 Å². The second-order valence-corrected chi connectivity index (χ2v) is 34.4. The number of benzene rings is 7. The van der Waals surface area contributed by atoms with Gasteiger partial charge in [0.25, 0.3) is 0 Å². The zero-order valence-corrected chi connectivity index (χ0v) is 71.5. The van der Waals surface area contributed by atoms with Crippen LogP contribution in [0.5, 0.6) is 46.0 Å². The average Bonchev–Trinajstić information content (AvgIpc) is 0.760. The van der Waals surface area contributed by atoms with E-state index in [1.807, 2.05) is 50.2 Å². The summed E-state index contributed by atoms with van der Waals surface area (Å²) in [6, 6.07) is 13.4. The molecule has 11 bridgehead atoms. The fourth-order valence-electron chi connectivity index (χ4n) is 16.4. The number of ether oxygens (including phenoxy) is 8. The minimum Gasteiger partial charge on any atom is -0.508 e. The van der Waals surface area contributed by atoms with E-state index in [4.69, 9.17) is 84.2 Å². The van der Waals surface area contributed by atoms with Crippen molar-refractivity contribution >= 4 is 82.1 Å². The van der Waals surface area contributed by atoms with Crippen LogP contribution in [0.1, 0.15) is 137 Å². The number of nitrogens with one attached hydrogen (secondary N) is 8. The van der Waals surface area contributed by atoms with Crippen LogP contribution in [0.3, 0.4) is 0 Å². The molecular weight excluding hydrogens is 1710 g/mol. The number of amides is 7. The van der Waals surface area contributed by atoms with Gasteiger partial charge < -0.3 is 143 Å². The van der Waals surface area contributed by atoms with Gasteiger partial charge in [-0.3, -0.25) is 33.6 Å². The zero-order chi connectivity index (χ0) is 91.1. The molecule has 8 heterocycles. The molecule has 0 aromatic heterocycles. The molecule has 126 heavy (non-hydrogen) atoms. The van der Waals surface area contributed by atoms with Crippen molar-refractivity contribution in [3.8, 4) is 68.2 Å². The lowest BCUT2D eigenvalue weighted by Crippen LogP contribution is -2.65. The fourth-order valence-corrected chi connectivity index (χ4v) is 17.1. The molecule has 7 aromatic carbocycles. The standard InChI is InChI=1S/C87H99Cl3N10O26/c1-35(2)21-52(93-8)78(111)99-67-69(106)45-22-36(3)72(51(90)25-45)122-58-27-44-26-57(74(58)126-85-75(71(108)70(107)59(34-101)123-85)125-62-32-87(7,77(110)38(5)120-62)94-33-39-9-11-40(12-10-39)41-13-17-46(88)18-14-41)121-56-20-16-43(24-50(56)89)73(124-61-31-86(6,92)76(109)37(4)119-61)68-83(116)98-66(84(117)118)49-28-47(102)29-55(104)63(49)48-23-42(15-19-54(48)103)64(80(113)100-68)97-81(114)65(44)96-79(112)53(30-60(91)105)95-82(67)115/h9-20,22-29,35,37-38,52-53,59,61-62,64-71,73,75-77,85,93-94,101-104,106-110H,21,30-34,92H2,1-8H3,(H2,91,105)(H,95,115)(H,96,112)(H,97,114)(H,98,116)(H,99,111)(H,100,113)(H,117,118)/t37?,38-,52+,53-,59?,61-,62-,64+,65+,66-,67+,68-,69+,70+,71?,73+,75?,76-,77-,85-,86?,87?/m0/s1. The summed E-state index contributed by atoms with van der Waals surface area (Å²) < 4.78 is 53.2. The quantitative estimate of drug-likeness (QED) is 0.0517. The average molecular weight is 1810 g/mol. The maximum absolute atomic E-state index is 16.6. The number of hydrogen-bond donors (Lipinski definition) is 20. The molecule has 39 heteroatoms. The Morgan fingerprint density at radius 2 is 1.28 bits per heavy atom. The van der Waals surface area contributed by atoms with Crippen molar-refractivity contribution in [1.29, 1.82) is 0 Å². The molecule has 0 spiro atoms. The summed E-state index contributed by atoms with van der Waals surface area (Å²) in [5, 5.41) is 138. The van der Waals surface area contributed by atoms with Crippen LogP contribution in [0.4, 0.5) is 0 Å².